The number of likely N-dealkylation sites (tertiary alicyclic amines) is 1. The van der Waals surface area contributed by atoms with Crippen LogP contribution < -0.4 is 4.74 Å². The van der Waals surface area contributed by atoms with Gasteiger partial charge in [-0.25, -0.2) is 4.98 Å². The van der Waals surface area contributed by atoms with Crippen molar-refractivity contribution >= 4 is 23.5 Å². The topological polar surface area (TPSA) is 89.0 Å². The maximum absolute atomic E-state index is 12.7. The minimum absolute atomic E-state index is 0.122. The van der Waals surface area contributed by atoms with Crippen LogP contribution in [0.15, 0.2) is 12.3 Å². The first-order chi connectivity index (χ1) is 12.5. The van der Waals surface area contributed by atoms with Crippen molar-refractivity contribution in [3.8, 4) is 5.88 Å². The molecule has 0 saturated carbocycles. The van der Waals surface area contributed by atoms with Gasteiger partial charge in [0.1, 0.15) is 5.02 Å². The predicted octanol–water partition coefficient (Wildman–Crippen LogP) is 2.48. The third kappa shape index (κ3) is 3.94. The summed E-state index contributed by atoms with van der Waals surface area (Å²) in [6.07, 6.45) is 3.27. The summed E-state index contributed by atoms with van der Waals surface area (Å²) in [6.45, 7) is 3.93. The van der Waals surface area contributed by atoms with Gasteiger partial charge in [-0.3, -0.25) is 9.59 Å². The average molecular weight is 383 g/mol. The molecule has 2 aliphatic heterocycles. The molecule has 8 heteroatoms. The van der Waals surface area contributed by atoms with E-state index in [0.29, 0.717) is 49.2 Å². The van der Waals surface area contributed by atoms with Gasteiger partial charge in [-0.05, 0) is 38.2 Å². The molecule has 2 aliphatic rings. The molecule has 2 fully saturated rings. The molecule has 1 N–H and O–H groups in total. The van der Waals surface area contributed by atoms with E-state index in [1.54, 1.807) is 11.0 Å². The first kappa shape index (κ1) is 18.9. The lowest BCUT2D eigenvalue weighted by Gasteiger charge is -2.35. The lowest BCUT2D eigenvalue weighted by molar-refractivity contribution is -0.145. The van der Waals surface area contributed by atoms with Crippen molar-refractivity contribution in [1.82, 2.24) is 9.88 Å². The largest absolute Gasteiger partial charge is 0.481 e. The molecule has 2 saturated heterocycles. The van der Waals surface area contributed by atoms with E-state index in [4.69, 9.17) is 21.1 Å². The zero-order chi connectivity index (χ0) is 18.7. The second-order valence-electron chi connectivity index (χ2n) is 6.64. The molecule has 0 spiro atoms. The van der Waals surface area contributed by atoms with Crippen molar-refractivity contribution in [2.75, 3.05) is 26.3 Å². The van der Waals surface area contributed by atoms with Crippen LogP contribution in [-0.4, -0.2) is 59.3 Å². The molecule has 7 nitrogen and oxygen atoms in total. The molecular weight excluding hydrogens is 360 g/mol. The number of carboxylic acid groups (broad SMARTS) is 1. The third-order valence-electron chi connectivity index (χ3n) is 5.08. The summed E-state index contributed by atoms with van der Waals surface area (Å²) in [4.78, 5) is 29.9. The van der Waals surface area contributed by atoms with Gasteiger partial charge < -0.3 is 19.5 Å². The smallest absolute Gasteiger partial charge is 0.309 e. The number of nitrogens with zero attached hydrogens (tertiary/aromatic N) is 2. The van der Waals surface area contributed by atoms with E-state index in [0.717, 1.165) is 12.8 Å². The Morgan fingerprint density at radius 1 is 1.38 bits per heavy atom. The van der Waals surface area contributed by atoms with Crippen molar-refractivity contribution in [1.29, 1.82) is 0 Å². The van der Waals surface area contributed by atoms with E-state index in [1.165, 1.54) is 6.20 Å². The molecule has 0 radical (unpaired) electrons. The molecule has 1 aromatic rings. The molecule has 2 atom stereocenters. The third-order valence-corrected chi connectivity index (χ3v) is 5.35. The fourth-order valence-corrected chi connectivity index (χ4v) is 3.96. The summed E-state index contributed by atoms with van der Waals surface area (Å²) >= 11 is 6.12. The van der Waals surface area contributed by atoms with E-state index < -0.39 is 11.9 Å². The summed E-state index contributed by atoms with van der Waals surface area (Å²) in [7, 11) is 0. The van der Waals surface area contributed by atoms with Crippen LogP contribution in [-0.2, 0) is 9.53 Å². The van der Waals surface area contributed by atoms with E-state index in [2.05, 4.69) is 4.98 Å². The van der Waals surface area contributed by atoms with Gasteiger partial charge in [0.05, 0.1) is 24.2 Å². The Hall–Kier alpha value is -1.86. The van der Waals surface area contributed by atoms with Gasteiger partial charge in [-0.1, -0.05) is 11.6 Å². The van der Waals surface area contributed by atoms with Crippen LogP contribution in [0.25, 0.3) is 0 Å². The molecule has 3 heterocycles. The first-order valence-corrected chi connectivity index (χ1v) is 9.31. The highest BCUT2D eigenvalue weighted by Gasteiger charge is 2.40. The van der Waals surface area contributed by atoms with Crippen LogP contribution in [0.4, 0.5) is 0 Å². The molecule has 26 heavy (non-hydrogen) atoms. The van der Waals surface area contributed by atoms with Crippen LogP contribution in [0.2, 0.25) is 5.02 Å². The van der Waals surface area contributed by atoms with Crippen molar-refractivity contribution in [2.24, 2.45) is 11.8 Å². The van der Waals surface area contributed by atoms with Crippen molar-refractivity contribution in [2.45, 2.75) is 32.3 Å². The Balaban J connectivity index is 1.60. The summed E-state index contributed by atoms with van der Waals surface area (Å²) in [6, 6.07) is 1.58. The van der Waals surface area contributed by atoms with Crippen LogP contribution in [0, 0.1) is 11.8 Å². The van der Waals surface area contributed by atoms with E-state index in [1.807, 2.05) is 6.92 Å². The zero-order valence-electron chi connectivity index (χ0n) is 14.7. The standard InChI is InChI=1S/C18H23ClN2O5/c1-2-25-16-14(19)9-12(10-20-16)17(22)21-6-3-11(4-7-21)15-13(18(23)24)5-8-26-15/h9-11,13,15H,2-8H2,1H3,(H,23,24)/t13?,15-/m0/s1. The molecular formula is C18H23ClN2O5. The highest BCUT2D eigenvalue weighted by Crippen LogP contribution is 2.33. The molecule has 1 unspecified atom stereocenters. The monoisotopic (exact) mass is 382 g/mol. The second-order valence-corrected chi connectivity index (χ2v) is 7.05. The van der Waals surface area contributed by atoms with Crippen LogP contribution >= 0.6 is 11.6 Å². The first-order valence-electron chi connectivity index (χ1n) is 8.93. The number of hydrogen-bond donors (Lipinski definition) is 1. The summed E-state index contributed by atoms with van der Waals surface area (Å²) in [5, 5.41) is 9.63. The summed E-state index contributed by atoms with van der Waals surface area (Å²) < 4.78 is 11.0. The molecule has 142 valence electrons. The Labute approximate surface area is 157 Å². The minimum atomic E-state index is -0.791. The molecule has 0 aliphatic carbocycles. The number of carboxylic acids is 1. The van der Waals surface area contributed by atoms with E-state index >= 15 is 0 Å². The Morgan fingerprint density at radius 2 is 2.12 bits per heavy atom. The van der Waals surface area contributed by atoms with Gasteiger partial charge in [-0.15, -0.1) is 0 Å². The second kappa shape index (κ2) is 8.22. The normalized spacial score (nSPS) is 23.8. The number of halogens is 1. The Kier molecular flexibility index (Phi) is 5.98. The summed E-state index contributed by atoms with van der Waals surface area (Å²) in [5.74, 6) is -0.854. The van der Waals surface area contributed by atoms with Gasteiger partial charge in [0.2, 0.25) is 5.88 Å². The van der Waals surface area contributed by atoms with Crippen LogP contribution in [0.1, 0.15) is 36.5 Å². The maximum atomic E-state index is 12.7. The van der Waals surface area contributed by atoms with Gasteiger partial charge in [0, 0.05) is 25.9 Å². The quantitative estimate of drug-likeness (QED) is 0.841. The van der Waals surface area contributed by atoms with Crippen LogP contribution in [0.3, 0.4) is 0 Å². The number of rotatable bonds is 5. The predicted molar refractivity (Wildman–Crippen MR) is 94.5 cm³/mol. The number of aliphatic carboxylic acids is 1. The highest BCUT2D eigenvalue weighted by molar-refractivity contribution is 6.32. The van der Waals surface area contributed by atoms with Crippen molar-refractivity contribution < 1.29 is 24.2 Å². The maximum Gasteiger partial charge on any atom is 0.309 e. The average Bonchev–Trinajstić information content (AvgIpc) is 3.13. The van der Waals surface area contributed by atoms with Crippen molar-refractivity contribution in [3.63, 3.8) is 0 Å². The van der Waals surface area contributed by atoms with Gasteiger partial charge >= 0.3 is 5.97 Å². The number of amides is 1. The zero-order valence-corrected chi connectivity index (χ0v) is 15.4. The number of hydrogen-bond acceptors (Lipinski definition) is 5. The van der Waals surface area contributed by atoms with E-state index in [9.17, 15) is 14.7 Å². The number of carbonyl (C=O) groups is 2. The molecule has 0 bridgehead atoms. The van der Waals surface area contributed by atoms with Crippen molar-refractivity contribution in [3.05, 3.63) is 22.8 Å². The molecule has 1 amide bonds. The SMILES string of the molecule is CCOc1ncc(C(=O)N2CCC([C@@H]3OCCC3C(=O)O)CC2)cc1Cl. The van der Waals surface area contributed by atoms with Crippen LogP contribution in [0.5, 0.6) is 5.88 Å². The van der Waals surface area contributed by atoms with Gasteiger partial charge in [0.15, 0.2) is 0 Å². The molecule has 1 aromatic heterocycles. The Morgan fingerprint density at radius 3 is 2.73 bits per heavy atom. The number of piperidine rings is 1. The fraction of sp³-hybridized carbons (Fsp3) is 0.611. The lowest BCUT2D eigenvalue weighted by atomic mass is 9.84. The number of carbonyl (C=O) groups excluding carboxylic acids is 1. The Bertz CT molecular complexity index is 676. The lowest BCUT2D eigenvalue weighted by Crippen LogP contribution is -2.43. The van der Waals surface area contributed by atoms with Gasteiger partial charge in [-0.2, -0.15) is 0 Å². The van der Waals surface area contributed by atoms with E-state index in [-0.39, 0.29) is 17.9 Å². The van der Waals surface area contributed by atoms with Gasteiger partial charge in [0.25, 0.3) is 5.91 Å². The summed E-state index contributed by atoms with van der Waals surface area (Å²) in [5.41, 5.74) is 0.428. The number of aromatic nitrogens is 1. The number of ether oxygens (including phenoxy) is 2. The minimum Gasteiger partial charge on any atom is -0.481 e. The molecule has 0 aromatic carbocycles. The fourth-order valence-electron chi connectivity index (χ4n) is 3.74. The number of pyridine rings is 1. The molecule has 3 rings (SSSR count). The highest BCUT2D eigenvalue weighted by atomic mass is 35.5.